The third-order valence-corrected chi connectivity index (χ3v) is 2.66. The summed E-state index contributed by atoms with van der Waals surface area (Å²) in [6.45, 7) is 4.38. The summed E-state index contributed by atoms with van der Waals surface area (Å²) in [6.07, 6.45) is 6.79. The van der Waals surface area contributed by atoms with Crippen LogP contribution in [-0.4, -0.2) is 0 Å². The van der Waals surface area contributed by atoms with Gasteiger partial charge in [-0.15, -0.1) is 0 Å². The second-order valence-corrected chi connectivity index (χ2v) is 4.39. The van der Waals surface area contributed by atoms with Gasteiger partial charge in [0.25, 0.3) is 0 Å². The summed E-state index contributed by atoms with van der Waals surface area (Å²) in [6, 6.07) is 8.23. The summed E-state index contributed by atoms with van der Waals surface area (Å²) >= 11 is 0. The summed E-state index contributed by atoms with van der Waals surface area (Å²) in [5, 5.41) is 0. The third-order valence-electron chi connectivity index (χ3n) is 2.66. The maximum absolute atomic E-state index is 3.20. The Labute approximate surface area is 112 Å². The van der Waals surface area contributed by atoms with Crippen LogP contribution in [0.25, 0.3) is 0 Å². The van der Waals surface area contributed by atoms with Crippen molar-refractivity contribution in [3.8, 4) is 23.7 Å². The van der Waals surface area contributed by atoms with Crippen LogP contribution in [0, 0.1) is 23.7 Å². The van der Waals surface area contributed by atoms with Gasteiger partial charge in [-0.25, -0.2) is 0 Å². The van der Waals surface area contributed by atoms with E-state index in [4.69, 9.17) is 0 Å². The molecule has 18 heavy (non-hydrogen) atoms. The van der Waals surface area contributed by atoms with Crippen LogP contribution in [0.2, 0.25) is 0 Å². The molecule has 1 aromatic rings. The molecule has 0 heterocycles. The molecule has 0 nitrogen and oxygen atoms in total. The first-order valence-electron chi connectivity index (χ1n) is 6.94. The van der Waals surface area contributed by atoms with E-state index in [0.717, 1.165) is 24.0 Å². The number of rotatable bonds is 4. The van der Waals surface area contributed by atoms with E-state index in [1.165, 1.54) is 25.7 Å². The molecule has 0 N–H and O–H groups in total. The van der Waals surface area contributed by atoms with Gasteiger partial charge < -0.3 is 0 Å². The van der Waals surface area contributed by atoms with Gasteiger partial charge in [-0.2, -0.15) is 0 Å². The molecule has 0 heteroatoms. The van der Waals surface area contributed by atoms with Crippen molar-refractivity contribution in [3.05, 3.63) is 35.4 Å². The molecule has 1 aromatic carbocycles. The molecule has 0 saturated carbocycles. The van der Waals surface area contributed by atoms with Crippen molar-refractivity contribution in [2.24, 2.45) is 0 Å². The van der Waals surface area contributed by atoms with E-state index in [-0.39, 0.29) is 0 Å². The van der Waals surface area contributed by atoms with Crippen LogP contribution >= 0.6 is 0 Å². The van der Waals surface area contributed by atoms with Crippen LogP contribution in [0.15, 0.2) is 24.3 Å². The first-order chi connectivity index (χ1) is 8.86. The minimum absolute atomic E-state index is 0.995. The highest BCUT2D eigenvalue weighted by atomic mass is 13.9. The lowest BCUT2D eigenvalue weighted by Gasteiger charge is -1.92. The van der Waals surface area contributed by atoms with Crippen molar-refractivity contribution in [3.63, 3.8) is 0 Å². The molecule has 0 bridgehead atoms. The van der Waals surface area contributed by atoms with E-state index in [2.05, 4.69) is 61.8 Å². The highest BCUT2D eigenvalue weighted by Gasteiger charge is 1.88. The lowest BCUT2D eigenvalue weighted by molar-refractivity contribution is 0.828. The van der Waals surface area contributed by atoms with Crippen molar-refractivity contribution in [2.75, 3.05) is 0 Å². The summed E-state index contributed by atoms with van der Waals surface area (Å²) in [7, 11) is 0. The van der Waals surface area contributed by atoms with Crippen LogP contribution in [0.3, 0.4) is 0 Å². The predicted molar refractivity (Wildman–Crippen MR) is 79.2 cm³/mol. The summed E-state index contributed by atoms with van der Waals surface area (Å²) in [5.74, 6) is 12.8. The van der Waals surface area contributed by atoms with Gasteiger partial charge in [0.05, 0.1) is 0 Å². The standard InChI is InChI=1S/C18H22/c1-3-5-7-9-11-17-13-15-18(16-14-17)12-10-8-6-4-2/h13-16H,3-8H2,1-2H3. The average molecular weight is 238 g/mol. The Kier molecular flexibility index (Phi) is 7.50. The van der Waals surface area contributed by atoms with E-state index in [1.54, 1.807) is 0 Å². The zero-order chi connectivity index (χ0) is 13.1. The fourth-order valence-electron chi connectivity index (χ4n) is 1.50. The van der Waals surface area contributed by atoms with Crippen LogP contribution in [-0.2, 0) is 0 Å². The molecule has 0 saturated heterocycles. The Balaban J connectivity index is 2.50. The Morgan fingerprint density at radius 3 is 1.44 bits per heavy atom. The monoisotopic (exact) mass is 238 g/mol. The highest BCUT2D eigenvalue weighted by molar-refractivity contribution is 5.41. The van der Waals surface area contributed by atoms with Crippen LogP contribution < -0.4 is 0 Å². The maximum atomic E-state index is 3.20. The third kappa shape index (κ3) is 6.17. The molecule has 0 spiro atoms. The second kappa shape index (κ2) is 9.38. The van der Waals surface area contributed by atoms with Crippen molar-refractivity contribution in [1.82, 2.24) is 0 Å². The van der Waals surface area contributed by atoms with E-state index in [1.807, 2.05) is 0 Å². The van der Waals surface area contributed by atoms with Crippen molar-refractivity contribution in [2.45, 2.75) is 52.4 Å². The molecule has 0 aliphatic carbocycles. The van der Waals surface area contributed by atoms with Gasteiger partial charge in [-0.3, -0.25) is 0 Å². The fraction of sp³-hybridized carbons (Fsp3) is 0.444. The topological polar surface area (TPSA) is 0 Å². The molecular formula is C18H22. The lowest BCUT2D eigenvalue weighted by Crippen LogP contribution is -1.77. The van der Waals surface area contributed by atoms with Gasteiger partial charge >= 0.3 is 0 Å². The Morgan fingerprint density at radius 2 is 1.11 bits per heavy atom. The van der Waals surface area contributed by atoms with Gasteiger partial charge in [0.2, 0.25) is 0 Å². The van der Waals surface area contributed by atoms with E-state index < -0.39 is 0 Å². The molecule has 0 atom stereocenters. The SMILES string of the molecule is CCCCC#Cc1ccc(C#CCCCC)cc1. The molecular weight excluding hydrogens is 216 g/mol. The zero-order valence-corrected chi connectivity index (χ0v) is 11.6. The summed E-state index contributed by atoms with van der Waals surface area (Å²) in [4.78, 5) is 0. The zero-order valence-electron chi connectivity index (χ0n) is 11.6. The van der Waals surface area contributed by atoms with Gasteiger partial charge in [-0.05, 0) is 37.1 Å². The number of benzene rings is 1. The van der Waals surface area contributed by atoms with E-state index >= 15 is 0 Å². The Morgan fingerprint density at radius 1 is 0.722 bits per heavy atom. The minimum Gasteiger partial charge on any atom is -0.0979 e. The Bertz CT molecular complexity index is 398. The number of hydrogen-bond acceptors (Lipinski definition) is 0. The first-order valence-corrected chi connectivity index (χ1v) is 6.94. The number of hydrogen-bond donors (Lipinski definition) is 0. The largest absolute Gasteiger partial charge is 0.0979 e. The second-order valence-electron chi connectivity index (χ2n) is 4.39. The lowest BCUT2D eigenvalue weighted by atomic mass is 10.1. The molecule has 0 aliphatic rings. The molecule has 1 rings (SSSR count). The quantitative estimate of drug-likeness (QED) is 0.523. The first kappa shape index (κ1) is 14.4. The normalized spacial score (nSPS) is 9.00. The maximum Gasteiger partial charge on any atom is 0.0246 e. The van der Waals surface area contributed by atoms with Crippen molar-refractivity contribution < 1.29 is 0 Å². The summed E-state index contributed by atoms with van der Waals surface area (Å²) < 4.78 is 0. The molecule has 0 aliphatic heterocycles. The van der Waals surface area contributed by atoms with Crippen LogP contribution in [0.5, 0.6) is 0 Å². The molecule has 94 valence electrons. The fourth-order valence-corrected chi connectivity index (χ4v) is 1.50. The molecule has 0 fully saturated rings. The Hall–Kier alpha value is -1.66. The van der Waals surface area contributed by atoms with E-state index in [9.17, 15) is 0 Å². The molecule has 0 aromatic heterocycles. The molecule has 0 radical (unpaired) electrons. The van der Waals surface area contributed by atoms with Crippen LogP contribution in [0.1, 0.15) is 63.5 Å². The van der Waals surface area contributed by atoms with Gasteiger partial charge in [0, 0.05) is 24.0 Å². The van der Waals surface area contributed by atoms with E-state index in [0.29, 0.717) is 0 Å². The van der Waals surface area contributed by atoms with Gasteiger partial charge in [0.15, 0.2) is 0 Å². The average Bonchev–Trinajstić information content (AvgIpc) is 2.41. The smallest absolute Gasteiger partial charge is 0.0246 e. The highest BCUT2D eigenvalue weighted by Crippen LogP contribution is 2.03. The molecule has 0 unspecified atom stereocenters. The van der Waals surface area contributed by atoms with Crippen LogP contribution in [0.4, 0.5) is 0 Å². The number of unbranched alkanes of at least 4 members (excludes halogenated alkanes) is 4. The van der Waals surface area contributed by atoms with Gasteiger partial charge in [0.1, 0.15) is 0 Å². The van der Waals surface area contributed by atoms with Crippen molar-refractivity contribution in [1.29, 1.82) is 0 Å². The summed E-state index contributed by atoms with van der Waals surface area (Å²) in [5.41, 5.74) is 2.18. The minimum atomic E-state index is 0.995. The van der Waals surface area contributed by atoms with Gasteiger partial charge in [-0.1, -0.05) is 50.4 Å². The van der Waals surface area contributed by atoms with Crippen molar-refractivity contribution >= 4 is 0 Å². The molecule has 0 amide bonds. The predicted octanol–water partition coefficient (Wildman–Crippen LogP) is 4.77.